The van der Waals surface area contributed by atoms with Gasteiger partial charge in [-0.15, -0.1) is 0 Å². The Balaban J connectivity index is 3.09. The van der Waals surface area contributed by atoms with Gasteiger partial charge in [-0.2, -0.15) is 0 Å². The highest BCUT2D eigenvalue weighted by Gasteiger charge is 2.26. The monoisotopic (exact) mass is 362 g/mol. The number of rotatable bonds is 8. The molecule has 0 aliphatic rings. The van der Waals surface area contributed by atoms with Crippen LogP contribution in [0, 0.1) is 0 Å². The third-order valence-corrected chi connectivity index (χ3v) is 3.89. The van der Waals surface area contributed by atoms with E-state index in [1.54, 1.807) is 6.92 Å². The van der Waals surface area contributed by atoms with E-state index in [4.69, 9.17) is 9.47 Å². The fraction of sp³-hybridized carbons (Fsp3) is 0.421. The summed E-state index contributed by atoms with van der Waals surface area (Å²) in [6.45, 7) is 4.98. The Hall–Kier alpha value is -2.83. The predicted molar refractivity (Wildman–Crippen MR) is 96.9 cm³/mol. The van der Waals surface area contributed by atoms with Crippen molar-refractivity contribution < 1.29 is 23.9 Å². The SMILES string of the molecule is COC(=O)/C(C[C@H](NC(C)=O)C(=O)OC)=C(/C)N[C@@H](C)c1ccccc1. The number of carbonyl (C=O) groups is 3. The number of hydrogen-bond donors (Lipinski definition) is 2. The van der Waals surface area contributed by atoms with Gasteiger partial charge < -0.3 is 20.1 Å². The zero-order valence-electron chi connectivity index (χ0n) is 15.8. The molecule has 0 aliphatic heterocycles. The molecule has 7 nitrogen and oxygen atoms in total. The Morgan fingerprint density at radius 1 is 1.00 bits per heavy atom. The second kappa shape index (κ2) is 10.2. The normalized spacial score (nSPS) is 13.7. The Morgan fingerprint density at radius 3 is 2.12 bits per heavy atom. The van der Waals surface area contributed by atoms with Crippen molar-refractivity contribution in [2.75, 3.05) is 14.2 Å². The van der Waals surface area contributed by atoms with Gasteiger partial charge >= 0.3 is 11.9 Å². The van der Waals surface area contributed by atoms with Crippen LogP contribution < -0.4 is 10.6 Å². The summed E-state index contributed by atoms with van der Waals surface area (Å²) < 4.78 is 9.55. The molecule has 2 N–H and O–H groups in total. The lowest BCUT2D eigenvalue weighted by atomic mass is 10.0. The summed E-state index contributed by atoms with van der Waals surface area (Å²) in [6, 6.07) is 8.68. The maximum atomic E-state index is 12.2. The van der Waals surface area contributed by atoms with E-state index in [2.05, 4.69) is 10.6 Å². The average Bonchev–Trinajstić information content (AvgIpc) is 2.63. The van der Waals surface area contributed by atoms with Crippen molar-refractivity contribution in [1.29, 1.82) is 0 Å². The lowest BCUT2D eigenvalue weighted by molar-refractivity contribution is -0.145. The van der Waals surface area contributed by atoms with Gasteiger partial charge in [-0.25, -0.2) is 9.59 Å². The van der Waals surface area contributed by atoms with Crippen molar-refractivity contribution in [2.24, 2.45) is 0 Å². The molecule has 0 saturated heterocycles. The van der Waals surface area contributed by atoms with Crippen molar-refractivity contribution in [2.45, 2.75) is 39.3 Å². The van der Waals surface area contributed by atoms with E-state index < -0.39 is 23.9 Å². The first-order chi connectivity index (χ1) is 12.3. The highest BCUT2D eigenvalue weighted by atomic mass is 16.5. The average molecular weight is 362 g/mol. The van der Waals surface area contributed by atoms with E-state index in [1.165, 1.54) is 21.1 Å². The zero-order chi connectivity index (χ0) is 19.7. The zero-order valence-corrected chi connectivity index (χ0v) is 15.8. The van der Waals surface area contributed by atoms with Gasteiger partial charge in [0.1, 0.15) is 6.04 Å². The van der Waals surface area contributed by atoms with Crippen LogP contribution in [0.4, 0.5) is 0 Å². The van der Waals surface area contributed by atoms with Gasteiger partial charge in [-0.1, -0.05) is 30.3 Å². The highest BCUT2D eigenvalue weighted by Crippen LogP contribution is 2.18. The molecule has 0 saturated carbocycles. The first-order valence-corrected chi connectivity index (χ1v) is 8.24. The largest absolute Gasteiger partial charge is 0.467 e. The van der Waals surface area contributed by atoms with Crippen LogP contribution in [0.15, 0.2) is 41.6 Å². The summed E-state index contributed by atoms with van der Waals surface area (Å²) in [7, 11) is 2.49. The first-order valence-electron chi connectivity index (χ1n) is 8.24. The number of ether oxygens (including phenoxy) is 2. The van der Waals surface area contributed by atoms with E-state index in [0.717, 1.165) is 5.56 Å². The van der Waals surface area contributed by atoms with Crippen LogP contribution in [0.25, 0.3) is 0 Å². The molecule has 1 rings (SSSR count). The maximum absolute atomic E-state index is 12.2. The van der Waals surface area contributed by atoms with Gasteiger partial charge in [0.25, 0.3) is 0 Å². The number of allylic oxidation sites excluding steroid dienone is 1. The number of methoxy groups -OCH3 is 2. The molecule has 7 heteroatoms. The number of carbonyl (C=O) groups excluding carboxylic acids is 3. The van der Waals surface area contributed by atoms with Gasteiger partial charge in [0.15, 0.2) is 0 Å². The number of benzene rings is 1. The fourth-order valence-electron chi connectivity index (χ4n) is 2.53. The van der Waals surface area contributed by atoms with Gasteiger partial charge in [-0.05, 0) is 19.4 Å². The van der Waals surface area contributed by atoms with Gasteiger partial charge in [0.05, 0.1) is 19.8 Å². The molecule has 0 unspecified atom stereocenters. The van der Waals surface area contributed by atoms with Crippen molar-refractivity contribution in [3.63, 3.8) is 0 Å². The smallest absolute Gasteiger partial charge is 0.335 e. The molecule has 142 valence electrons. The van der Waals surface area contributed by atoms with E-state index in [9.17, 15) is 14.4 Å². The summed E-state index contributed by atoms with van der Waals surface area (Å²) in [5, 5.41) is 5.74. The molecule has 0 heterocycles. The van der Waals surface area contributed by atoms with Crippen molar-refractivity contribution in [3.8, 4) is 0 Å². The summed E-state index contributed by atoms with van der Waals surface area (Å²) in [5.74, 6) is -1.60. The lowest BCUT2D eigenvalue weighted by Gasteiger charge is -2.21. The molecule has 2 atom stereocenters. The molecule has 26 heavy (non-hydrogen) atoms. The molecule has 0 bridgehead atoms. The summed E-state index contributed by atoms with van der Waals surface area (Å²) >= 11 is 0. The number of hydrogen-bond acceptors (Lipinski definition) is 6. The Bertz CT molecular complexity index is 670. The van der Waals surface area contributed by atoms with Crippen LogP contribution in [0.5, 0.6) is 0 Å². The van der Waals surface area contributed by atoms with Crippen molar-refractivity contribution in [3.05, 3.63) is 47.2 Å². The Kier molecular flexibility index (Phi) is 8.34. The van der Waals surface area contributed by atoms with E-state index in [-0.39, 0.29) is 18.0 Å². The van der Waals surface area contributed by atoms with Crippen LogP contribution >= 0.6 is 0 Å². The predicted octanol–water partition coefficient (Wildman–Crippen LogP) is 1.85. The lowest BCUT2D eigenvalue weighted by Crippen LogP contribution is -2.41. The quantitative estimate of drug-likeness (QED) is 0.541. The van der Waals surface area contributed by atoms with Crippen molar-refractivity contribution in [1.82, 2.24) is 10.6 Å². The minimum atomic E-state index is -0.976. The van der Waals surface area contributed by atoms with Crippen LogP contribution in [-0.2, 0) is 23.9 Å². The first kappa shape index (κ1) is 21.2. The van der Waals surface area contributed by atoms with E-state index >= 15 is 0 Å². The molecule has 0 aromatic heterocycles. The molecule has 1 aromatic rings. The van der Waals surface area contributed by atoms with E-state index in [0.29, 0.717) is 5.70 Å². The maximum Gasteiger partial charge on any atom is 0.335 e. The molecule has 1 amide bonds. The number of nitrogens with one attached hydrogen (secondary N) is 2. The second-order valence-corrected chi connectivity index (χ2v) is 5.85. The minimum absolute atomic E-state index is 0.0424. The fourth-order valence-corrected chi connectivity index (χ4v) is 2.53. The van der Waals surface area contributed by atoms with Crippen LogP contribution in [0.2, 0.25) is 0 Å². The van der Waals surface area contributed by atoms with Crippen LogP contribution in [0.1, 0.15) is 38.8 Å². The summed E-state index contributed by atoms with van der Waals surface area (Å²) in [4.78, 5) is 35.5. The van der Waals surface area contributed by atoms with Gasteiger partial charge in [0, 0.05) is 25.1 Å². The molecule has 0 radical (unpaired) electrons. The molecule has 1 aromatic carbocycles. The molecule has 0 fully saturated rings. The molecule has 0 aliphatic carbocycles. The Morgan fingerprint density at radius 2 is 1.62 bits per heavy atom. The molecule has 0 spiro atoms. The summed E-state index contributed by atoms with van der Waals surface area (Å²) in [5.41, 5.74) is 1.87. The van der Waals surface area contributed by atoms with Gasteiger partial charge in [0.2, 0.25) is 5.91 Å². The third kappa shape index (κ3) is 6.23. The molecular formula is C19H26N2O5. The number of esters is 2. The van der Waals surface area contributed by atoms with Gasteiger partial charge in [-0.3, -0.25) is 4.79 Å². The minimum Gasteiger partial charge on any atom is -0.467 e. The molecular weight excluding hydrogens is 336 g/mol. The topological polar surface area (TPSA) is 93.7 Å². The Labute approximate surface area is 153 Å². The standard InChI is InChI=1S/C19H26N2O5/c1-12(15-9-7-6-8-10-15)20-13(2)16(18(23)25-4)11-17(19(24)26-5)21-14(3)22/h6-10,12,17,20H,11H2,1-5H3,(H,21,22)/b16-13-/t12-,17-/m0/s1. The van der Waals surface area contributed by atoms with Crippen LogP contribution in [0.3, 0.4) is 0 Å². The third-order valence-electron chi connectivity index (χ3n) is 3.89. The highest BCUT2D eigenvalue weighted by molar-refractivity contribution is 5.91. The number of amides is 1. The van der Waals surface area contributed by atoms with Crippen molar-refractivity contribution >= 4 is 17.8 Å². The second-order valence-electron chi connectivity index (χ2n) is 5.85. The van der Waals surface area contributed by atoms with Crippen LogP contribution in [-0.4, -0.2) is 38.1 Å². The summed E-state index contributed by atoms with van der Waals surface area (Å²) in [6.07, 6.45) is -0.0424. The van der Waals surface area contributed by atoms with E-state index in [1.807, 2.05) is 37.3 Å².